The van der Waals surface area contributed by atoms with Crippen LogP contribution < -0.4 is 0 Å². The zero-order chi connectivity index (χ0) is 24.7. The van der Waals surface area contributed by atoms with Crippen LogP contribution in [-0.4, -0.2) is 35.3 Å². The number of hydrogen-bond acceptors (Lipinski definition) is 4. The fourth-order valence-corrected chi connectivity index (χ4v) is 5.43. The number of sulfone groups is 1. The molecule has 8 heteroatoms. The first-order valence-electron chi connectivity index (χ1n) is 11.1. The van der Waals surface area contributed by atoms with Gasteiger partial charge in [-0.25, -0.2) is 13.4 Å². The normalized spacial score (nSPS) is 11.5. The third-order valence-electron chi connectivity index (χ3n) is 5.23. The van der Waals surface area contributed by atoms with Crippen LogP contribution in [0.1, 0.15) is 30.7 Å². The molecule has 3 aromatic rings. The van der Waals surface area contributed by atoms with Crippen molar-refractivity contribution >= 4 is 27.3 Å². The van der Waals surface area contributed by atoms with Gasteiger partial charge in [-0.1, -0.05) is 74.0 Å². The topological polar surface area (TPSA) is 72.3 Å². The molecular weight excluding hydrogens is 470 g/mol. The number of imidazole rings is 1. The van der Waals surface area contributed by atoms with Gasteiger partial charge in [-0.3, -0.25) is 4.79 Å². The molecule has 0 aliphatic carbocycles. The molecule has 3 rings (SSSR count). The average Bonchev–Trinajstić information content (AvgIpc) is 3.16. The predicted octanol–water partition coefficient (Wildman–Crippen LogP) is 4.92. The van der Waals surface area contributed by atoms with Gasteiger partial charge in [0.2, 0.25) is 20.9 Å². The van der Waals surface area contributed by atoms with Crippen LogP contribution >= 0.6 is 11.6 Å². The summed E-state index contributed by atoms with van der Waals surface area (Å²) in [6, 6.07) is 16.3. The van der Waals surface area contributed by atoms with E-state index in [0.29, 0.717) is 29.4 Å². The molecule has 0 spiro atoms. The summed E-state index contributed by atoms with van der Waals surface area (Å²) >= 11 is 6.04. The zero-order valence-electron chi connectivity index (χ0n) is 19.5. The fraction of sp³-hybridized carbons (Fsp3) is 0.308. The molecule has 0 fully saturated rings. The third kappa shape index (κ3) is 6.81. The second-order valence-electron chi connectivity index (χ2n) is 8.65. The van der Waals surface area contributed by atoms with Gasteiger partial charge in [-0.15, -0.1) is 6.58 Å². The maximum atomic E-state index is 13.3. The summed E-state index contributed by atoms with van der Waals surface area (Å²) in [4.78, 5) is 19.0. The van der Waals surface area contributed by atoms with E-state index in [1.165, 1.54) is 0 Å². The first-order chi connectivity index (χ1) is 16.2. The highest BCUT2D eigenvalue weighted by Crippen LogP contribution is 2.22. The van der Waals surface area contributed by atoms with Crippen LogP contribution in [0, 0.1) is 5.92 Å². The van der Waals surface area contributed by atoms with E-state index < -0.39 is 9.84 Å². The van der Waals surface area contributed by atoms with Gasteiger partial charge in [0, 0.05) is 18.1 Å². The van der Waals surface area contributed by atoms with E-state index in [4.69, 9.17) is 11.6 Å². The highest BCUT2D eigenvalue weighted by atomic mass is 35.5. The number of halogens is 1. The summed E-state index contributed by atoms with van der Waals surface area (Å²) in [5, 5.41) is 0.487. The lowest BCUT2D eigenvalue weighted by atomic mass is 10.1. The molecule has 34 heavy (non-hydrogen) atoms. The van der Waals surface area contributed by atoms with Crippen LogP contribution in [0.5, 0.6) is 0 Å². The Morgan fingerprint density at radius 1 is 1.15 bits per heavy atom. The SMILES string of the molecule is C=CCN(Cc1cnc(S(=O)(=O)Cc2cccc(Cl)c2)n1CC(C)C)C(=O)Cc1ccccc1. The summed E-state index contributed by atoms with van der Waals surface area (Å²) in [7, 11) is -3.73. The minimum Gasteiger partial charge on any atom is -0.333 e. The van der Waals surface area contributed by atoms with Gasteiger partial charge < -0.3 is 9.47 Å². The van der Waals surface area contributed by atoms with Crippen molar-refractivity contribution in [3.63, 3.8) is 0 Å². The Labute approximate surface area is 206 Å². The quantitative estimate of drug-likeness (QED) is 0.351. The molecule has 1 aromatic heterocycles. The minimum absolute atomic E-state index is 0.00485. The number of amides is 1. The first kappa shape index (κ1) is 25.7. The maximum absolute atomic E-state index is 13.3. The molecule has 180 valence electrons. The second-order valence-corrected chi connectivity index (χ2v) is 11.0. The molecule has 0 N–H and O–H groups in total. The number of carbonyl (C=O) groups is 1. The summed E-state index contributed by atoms with van der Waals surface area (Å²) in [6.07, 6.45) is 3.48. The fourth-order valence-electron chi connectivity index (χ4n) is 3.73. The van der Waals surface area contributed by atoms with Gasteiger partial charge >= 0.3 is 0 Å². The van der Waals surface area contributed by atoms with E-state index in [9.17, 15) is 13.2 Å². The van der Waals surface area contributed by atoms with Gasteiger partial charge in [0.05, 0.1) is 30.6 Å². The molecule has 6 nitrogen and oxygen atoms in total. The molecule has 1 amide bonds. The van der Waals surface area contributed by atoms with Crippen LogP contribution in [0.15, 0.2) is 78.6 Å². The number of benzene rings is 2. The Hall–Kier alpha value is -2.90. The summed E-state index contributed by atoms with van der Waals surface area (Å²) in [5.41, 5.74) is 2.18. The van der Waals surface area contributed by atoms with Crippen LogP contribution in [0.4, 0.5) is 0 Å². The Kier molecular flexibility index (Phi) is 8.69. The van der Waals surface area contributed by atoms with Gasteiger partial charge in [-0.2, -0.15) is 0 Å². The molecule has 2 aromatic carbocycles. The Morgan fingerprint density at radius 3 is 2.50 bits per heavy atom. The summed E-state index contributed by atoms with van der Waals surface area (Å²) < 4.78 is 28.3. The van der Waals surface area contributed by atoms with Crippen LogP contribution in [0.25, 0.3) is 0 Å². The molecule has 0 aliphatic rings. The second kappa shape index (κ2) is 11.5. The molecular formula is C26H30ClN3O3S. The van der Waals surface area contributed by atoms with E-state index in [0.717, 1.165) is 5.56 Å². The molecule has 0 bridgehead atoms. The number of aromatic nitrogens is 2. The Balaban J connectivity index is 1.89. The monoisotopic (exact) mass is 499 g/mol. The van der Waals surface area contributed by atoms with E-state index in [1.54, 1.807) is 46.0 Å². The molecule has 0 saturated heterocycles. The van der Waals surface area contributed by atoms with Crippen molar-refractivity contribution in [2.45, 2.75) is 44.3 Å². The Bertz CT molecular complexity index is 1240. The number of carbonyl (C=O) groups excluding carboxylic acids is 1. The summed E-state index contributed by atoms with van der Waals surface area (Å²) in [5.74, 6) is -0.0847. The maximum Gasteiger partial charge on any atom is 0.228 e. The third-order valence-corrected chi connectivity index (χ3v) is 7.06. The molecule has 0 saturated carbocycles. The highest BCUT2D eigenvalue weighted by molar-refractivity contribution is 7.90. The molecule has 1 heterocycles. The van der Waals surface area contributed by atoms with Gasteiger partial charge in [0.15, 0.2) is 0 Å². The average molecular weight is 500 g/mol. The van der Waals surface area contributed by atoms with Crippen LogP contribution in [0.3, 0.4) is 0 Å². The Morgan fingerprint density at radius 2 is 1.85 bits per heavy atom. The lowest BCUT2D eigenvalue weighted by molar-refractivity contribution is -0.130. The lowest BCUT2D eigenvalue weighted by Gasteiger charge is -2.23. The minimum atomic E-state index is -3.73. The van der Waals surface area contributed by atoms with Crippen molar-refractivity contribution < 1.29 is 13.2 Å². The van der Waals surface area contributed by atoms with Gasteiger partial charge in [-0.05, 0) is 29.2 Å². The van der Waals surface area contributed by atoms with Crippen LogP contribution in [-0.2, 0) is 39.9 Å². The van der Waals surface area contributed by atoms with Crippen LogP contribution in [0.2, 0.25) is 5.02 Å². The predicted molar refractivity (Wildman–Crippen MR) is 135 cm³/mol. The number of hydrogen-bond donors (Lipinski definition) is 0. The van der Waals surface area contributed by atoms with Crippen molar-refractivity contribution in [1.29, 1.82) is 0 Å². The first-order valence-corrected chi connectivity index (χ1v) is 13.2. The largest absolute Gasteiger partial charge is 0.333 e. The van der Waals surface area contributed by atoms with Crippen molar-refractivity contribution in [2.24, 2.45) is 5.92 Å². The lowest BCUT2D eigenvalue weighted by Crippen LogP contribution is -2.33. The molecule has 0 radical (unpaired) electrons. The van der Waals surface area contributed by atoms with E-state index in [2.05, 4.69) is 11.6 Å². The number of nitrogens with zero attached hydrogens (tertiary/aromatic N) is 3. The van der Waals surface area contributed by atoms with E-state index >= 15 is 0 Å². The highest BCUT2D eigenvalue weighted by Gasteiger charge is 2.26. The van der Waals surface area contributed by atoms with Gasteiger partial charge in [0.1, 0.15) is 0 Å². The van der Waals surface area contributed by atoms with Crippen molar-refractivity contribution in [2.75, 3.05) is 6.54 Å². The summed E-state index contributed by atoms with van der Waals surface area (Å²) in [6.45, 7) is 8.86. The smallest absolute Gasteiger partial charge is 0.228 e. The number of rotatable bonds is 11. The van der Waals surface area contributed by atoms with E-state index in [1.807, 2.05) is 44.2 Å². The van der Waals surface area contributed by atoms with Gasteiger partial charge in [0.25, 0.3) is 0 Å². The zero-order valence-corrected chi connectivity index (χ0v) is 21.1. The molecule has 0 atom stereocenters. The molecule has 0 unspecified atom stereocenters. The molecule has 0 aliphatic heterocycles. The standard InChI is InChI=1S/C26H30ClN3O3S/c1-4-13-29(25(31)15-21-9-6-5-7-10-21)18-24-16-28-26(30(24)17-20(2)3)34(32,33)19-22-11-8-12-23(27)14-22/h4-12,14,16,20H,1,13,15,17-19H2,2-3H3. The van der Waals surface area contributed by atoms with E-state index in [-0.39, 0.29) is 35.7 Å². The van der Waals surface area contributed by atoms with Crippen molar-refractivity contribution in [3.05, 3.63) is 95.3 Å². The van der Waals surface area contributed by atoms with Crippen molar-refractivity contribution in [3.8, 4) is 0 Å². The van der Waals surface area contributed by atoms with Crippen molar-refractivity contribution in [1.82, 2.24) is 14.5 Å².